The van der Waals surface area contributed by atoms with Crippen LogP contribution in [0, 0.1) is 5.82 Å². The van der Waals surface area contributed by atoms with Crippen LogP contribution in [-0.2, 0) is 11.3 Å². The second kappa shape index (κ2) is 7.16. The Kier molecular flexibility index (Phi) is 5.26. The maximum atomic E-state index is 13.8. The first-order valence-corrected chi connectivity index (χ1v) is 6.65. The summed E-state index contributed by atoms with van der Waals surface area (Å²) in [5.74, 6) is 6.05. The van der Waals surface area contributed by atoms with Crippen LogP contribution in [0.4, 0.5) is 21.7 Å². The lowest BCUT2D eigenvalue weighted by Crippen LogP contribution is -2.12. The SMILES string of the molecule is CCOCc1nc(NN)cc(Nc2c(F)cccc2Cl)n1. The summed E-state index contributed by atoms with van der Waals surface area (Å²) in [4.78, 5) is 8.37. The number of aromatic nitrogens is 2. The van der Waals surface area contributed by atoms with Gasteiger partial charge in [0.25, 0.3) is 0 Å². The molecule has 0 bridgehead atoms. The molecule has 2 rings (SSSR count). The molecule has 4 N–H and O–H groups in total. The second-order valence-electron chi connectivity index (χ2n) is 4.06. The highest BCUT2D eigenvalue weighted by Crippen LogP contribution is 2.28. The molecule has 0 aliphatic carbocycles. The van der Waals surface area contributed by atoms with Crippen molar-refractivity contribution in [3.05, 3.63) is 40.9 Å². The van der Waals surface area contributed by atoms with E-state index in [0.717, 1.165) is 0 Å². The highest BCUT2D eigenvalue weighted by molar-refractivity contribution is 6.33. The molecule has 2 aromatic rings. The number of anilines is 3. The van der Waals surface area contributed by atoms with Crippen LogP contribution in [0.5, 0.6) is 0 Å². The van der Waals surface area contributed by atoms with E-state index in [4.69, 9.17) is 22.2 Å². The van der Waals surface area contributed by atoms with E-state index in [-0.39, 0.29) is 17.3 Å². The molecule has 0 saturated carbocycles. The summed E-state index contributed by atoms with van der Waals surface area (Å²) in [6.07, 6.45) is 0. The average Bonchev–Trinajstić information content (AvgIpc) is 2.49. The van der Waals surface area contributed by atoms with Gasteiger partial charge in [-0.25, -0.2) is 20.2 Å². The standard InChI is InChI=1S/C13H15ClFN5O/c1-2-21-7-12-17-10(6-11(18-12)20-16)19-13-8(14)4-3-5-9(13)15/h3-6H,2,7,16H2,1H3,(H2,17,18,19,20). The van der Waals surface area contributed by atoms with Crippen molar-refractivity contribution in [1.82, 2.24) is 9.97 Å². The van der Waals surface area contributed by atoms with Gasteiger partial charge in [-0.1, -0.05) is 17.7 Å². The van der Waals surface area contributed by atoms with Crippen molar-refractivity contribution in [1.29, 1.82) is 0 Å². The van der Waals surface area contributed by atoms with Gasteiger partial charge in [0.1, 0.15) is 24.1 Å². The molecule has 0 atom stereocenters. The van der Waals surface area contributed by atoms with Gasteiger partial charge in [0.15, 0.2) is 5.82 Å². The number of nitrogens with zero attached hydrogens (tertiary/aromatic N) is 2. The van der Waals surface area contributed by atoms with Crippen LogP contribution in [0.1, 0.15) is 12.7 Å². The summed E-state index contributed by atoms with van der Waals surface area (Å²) in [6.45, 7) is 2.63. The Morgan fingerprint density at radius 3 is 2.76 bits per heavy atom. The molecule has 0 radical (unpaired) electrons. The van der Waals surface area contributed by atoms with Crippen molar-refractivity contribution in [3.8, 4) is 0 Å². The summed E-state index contributed by atoms with van der Waals surface area (Å²) < 4.78 is 19.0. The molecule has 0 aliphatic heterocycles. The van der Waals surface area contributed by atoms with Gasteiger partial charge in [-0.15, -0.1) is 0 Å². The lowest BCUT2D eigenvalue weighted by atomic mass is 10.3. The molecule has 112 valence electrons. The maximum Gasteiger partial charge on any atom is 0.158 e. The first kappa shape index (κ1) is 15.4. The fourth-order valence-electron chi connectivity index (χ4n) is 1.64. The van der Waals surface area contributed by atoms with Crippen LogP contribution in [0.2, 0.25) is 5.02 Å². The van der Waals surface area contributed by atoms with Gasteiger partial charge >= 0.3 is 0 Å². The fraction of sp³-hybridized carbons (Fsp3) is 0.231. The number of hydrogen-bond acceptors (Lipinski definition) is 6. The highest BCUT2D eigenvalue weighted by atomic mass is 35.5. The Hall–Kier alpha value is -1.96. The number of ether oxygens (including phenoxy) is 1. The van der Waals surface area contributed by atoms with Crippen molar-refractivity contribution in [2.24, 2.45) is 5.84 Å². The van der Waals surface area contributed by atoms with E-state index in [1.807, 2.05) is 6.92 Å². The van der Waals surface area contributed by atoms with Gasteiger partial charge in [0.2, 0.25) is 0 Å². The van der Waals surface area contributed by atoms with Crippen LogP contribution in [0.15, 0.2) is 24.3 Å². The first-order valence-electron chi connectivity index (χ1n) is 6.27. The predicted molar refractivity (Wildman–Crippen MR) is 79.9 cm³/mol. The Morgan fingerprint density at radius 1 is 1.33 bits per heavy atom. The van der Waals surface area contributed by atoms with Crippen LogP contribution in [0.25, 0.3) is 0 Å². The van der Waals surface area contributed by atoms with Crippen molar-refractivity contribution in [3.63, 3.8) is 0 Å². The van der Waals surface area contributed by atoms with Crippen molar-refractivity contribution < 1.29 is 9.13 Å². The average molecular weight is 312 g/mol. The molecule has 0 amide bonds. The molecule has 0 saturated heterocycles. The third kappa shape index (κ3) is 4.01. The molecule has 0 spiro atoms. The van der Waals surface area contributed by atoms with Crippen LogP contribution in [-0.4, -0.2) is 16.6 Å². The number of benzene rings is 1. The minimum Gasteiger partial charge on any atom is -0.374 e. The van der Waals surface area contributed by atoms with Gasteiger partial charge in [-0.05, 0) is 19.1 Å². The lowest BCUT2D eigenvalue weighted by molar-refractivity contribution is 0.128. The molecule has 0 fully saturated rings. The normalized spacial score (nSPS) is 10.5. The number of nitrogen functional groups attached to an aromatic ring is 1. The summed E-state index contributed by atoms with van der Waals surface area (Å²) in [5, 5.41) is 3.07. The Labute approximate surface area is 126 Å². The molecule has 1 heterocycles. The van der Waals surface area contributed by atoms with Gasteiger partial charge in [0, 0.05) is 12.7 Å². The van der Waals surface area contributed by atoms with Crippen molar-refractivity contribution in [2.45, 2.75) is 13.5 Å². The zero-order valence-corrected chi connectivity index (χ0v) is 12.1. The van der Waals surface area contributed by atoms with E-state index >= 15 is 0 Å². The molecule has 8 heteroatoms. The third-order valence-electron chi connectivity index (χ3n) is 2.57. The van der Waals surface area contributed by atoms with E-state index < -0.39 is 5.82 Å². The van der Waals surface area contributed by atoms with E-state index in [1.165, 1.54) is 18.2 Å². The summed E-state index contributed by atoms with van der Waals surface area (Å²) in [5.41, 5.74) is 2.57. The minimum absolute atomic E-state index is 0.142. The molecule has 0 unspecified atom stereocenters. The van der Waals surface area contributed by atoms with Crippen molar-refractivity contribution >= 4 is 28.9 Å². The summed E-state index contributed by atoms with van der Waals surface area (Å²) in [7, 11) is 0. The van der Waals surface area contributed by atoms with Crippen LogP contribution >= 0.6 is 11.6 Å². The Bertz CT molecular complexity index is 605. The number of rotatable bonds is 6. The monoisotopic (exact) mass is 311 g/mol. The van der Waals surface area contributed by atoms with Gasteiger partial charge < -0.3 is 15.5 Å². The van der Waals surface area contributed by atoms with E-state index in [0.29, 0.717) is 24.1 Å². The van der Waals surface area contributed by atoms with Gasteiger partial charge in [0.05, 0.1) is 10.7 Å². The smallest absolute Gasteiger partial charge is 0.158 e. The number of halogens is 2. The predicted octanol–water partition coefficient (Wildman–Crippen LogP) is 2.83. The summed E-state index contributed by atoms with van der Waals surface area (Å²) in [6, 6.07) is 5.95. The first-order chi connectivity index (χ1) is 10.1. The third-order valence-corrected chi connectivity index (χ3v) is 2.89. The van der Waals surface area contributed by atoms with Crippen molar-refractivity contribution in [2.75, 3.05) is 17.3 Å². The number of nitrogens with one attached hydrogen (secondary N) is 2. The number of hydrogen-bond donors (Lipinski definition) is 3. The number of hydrazine groups is 1. The highest BCUT2D eigenvalue weighted by Gasteiger charge is 2.10. The van der Waals surface area contributed by atoms with Crippen LogP contribution < -0.4 is 16.6 Å². The molecule has 1 aromatic heterocycles. The quantitative estimate of drug-likeness (QED) is 0.562. The molecule has 6 nitrogen and oxygen atoms in total. The molecule has 0 aliphatic rings. The fourth-order valence-corrected chi connectivity index (χ4v) is 1.85. The largest absolute Gasteiger partial charge is 0.374 e. The van der Waals surface area contributed by atoms with Crippen LogP contribution in [0.3, 0.4) is 0 Å². The Balaban J connectivity index is 2.30. The number of para-hydroxylation sites is 1. The van der Waals surface area contributed by atoms with Gasteiger partial charge in [-0.2, -0.15) is 0 Å². The second-order valence-corrected chi connectivity index (χ2v) is 4.46. The van der Waals surface area contributed by atoms with Gasteiger partial charge in [-0.3, -0.25) is 0 Å². The molecular weight excluding hydrogens is 297 g/mol. The summed E-state index contributed by atoms with van der Waals surface area (Å²) >= 11 is 5.97. The van der Waals surface area contributed by atoms with E-state index in [2.05, 4.69) is 20.7 Å². The molecular formula is C13H15ClFN5O. The lowest BCUT2D eigenvalue weighted by Gasteiger charge is -2.11. The Morgan fingerprint density at radius 2 is 2.10 bits per heavy atom. The minimum atomic E-state index is -0.477. The zero-order valence-electron chi connectivity index (χ0n) is 11.4. The zero-order chi connectivity index (χ0) is 15.2. The van der Waals surface area contributed by atoms with E-state index in [9.17, 15) is 4.39 Å². The maximum absolute atomic E-state index is 13.8. The molecule has 1 aromatic carbocycles. The topological polar surface area (TPSA) is 85.1 Å². The molecule has 21 heavy (non-hydrogen) atoms. The number of nitrogens with two attached hydrogens (primary N) is 1. The van der Waals surface area contributed by atoms with E-state index in [1.54, 1.807) is 6.07 Å².